The second-order valence-corrected chi connectivity index (χ2v) is 4.29. The second kappa shape index (κ2) is 4.89. The highest BCUT2D eigenvalue weighted by atomic mass is 35.5. The summed E-state index contributed by atoms with van der Waals surface area (Å²) in [5, 5.41) is 0.443. The van der Waals surface area contributed by atoms with Crippen LogP contribution in [0.15, 0.2) is 28.8 Å². The van der Waals surface area contributed by atoms with E-state index in [1.807, 2.05) is 6.07 Å². The Balaban J connectivity index is 2.11. The SMILES string of the molecule is O=C1CCc2cc(OC/C(Cl)=C\Cl)ccc21. The van der Waals surface area contributed by atoms with Crippen LogP contribution in [0.1, 0.15) is 22.3 Å². The molecule has 0 aromatic heterocycles. The van der Waals surface area contributed by atoms with Crippen molar-refractivity contribution in [2.24, 2.45) is 0 Å². The highest BCUT2D eigenvalue weighted by Gasteiger charge is 2.19. The molecule has 0 heterocycles. The fourth-order valence-electron chi connectivity index (χ4n) is 1.71. The van der Waals surface area contributed by atoms with Crippen molar-refractivity contribution in [1.29, 1.82) is 0 Å². The van der Waals surface area contributed by atoms with Gasteiger partial charge in [-0.2, -0.15) is 0 Å². The minimum absolute atomic E-state index is 0.209. The highest BCUT2D eigenvalue weighted by molar-refractivity contribution is 6.36. The van der Waals surface area contributed by atoms with Gasteiger partial charge in [-0.3, -0.25) is 4.79 Å². The average molecular weight is 257 g/mol. The van der Waals surface area contributed by atoms with Gasteiger partial charge in [0.15, 0.2) is 5.78 Å². The molecule has 2 nitrogen and oxygen atoms in total. The summed E-state index contributed by atoms with van der Waals surface area (Å²) in [5.41, 5.74) is 3.14. The molecule has 0 N–H and O–H groups in total. The first kappa shape index (κ1) is 11.5. The molecule has 2 rings (SSSR count). The van der Waals surface area contributed by atoms with E-state index in [0.29, 0.717) is 17.2 Å². The number of ether oxygens (including phenoxy) is 1. The lowest BCUT2D eigenvalue weighted by Gasteiger charge is -2.06. The first-order valence-electron chi connectivity index (χ1n) is 4.94. The third-order valence-corrected chi connectivity index (χ3v) is 3.09. The van der Waals surface area contributed by atoms with Crippen molar-refractivity contribution in [2.75, 3.05) is 6.61 Å². The third kappa shape index (κ3) is 2.39. The molecule has 0 fully saturated rings. The smallest absolute Gasteiger partial charge is 0.163 e. The van der Waals surface area contributed by atoms with Crippen molar-refractivity contribution < 1.29 is 9.53 Å². The van der Waals surface area contributed by atoms with E-state index in [-0.39, 0.29) is 12.4 Å². The molecule has 0 amide bonds. The Kier molecular flexibility index (Phi) is 3.52. The quantitative estimate of drug-likeness (QED) is 0.828. The zero-order valence-corrected chi connectivity index (χ0v) is 10.0. The van der Waals surface area contributed by atoms with Gasteiger partial charge in [-0.05, 0) is 30.2 Å². The van der Waals surface area contributed by atoms with Gasteiger partial charge >= 0.3 is 0 Å². The monoisotopic (exact) mass is 256 g/mol. The van der Waals surface area contributed by atoms with Gasteiger partial charge in [0, 0.05) is 17.5 Å². The number of aryl methyl sites for hydroxylation is 1. The van der Waals surface area contributed by atoms with Crippen molar-refractivity contribution in [3.8, 4) is 5.75 Å². The second-order valence-electron chi connectivity index (χ2n) is 3.59. The van der Waals surface area contributed by atoms with Crippen molar-refractivity contribution in [3.63, 3.8) is 0 Å². The lowest BCUT2D eigenvalue weighted by atomic mass is 10.1. The number of carbonyl (C=O) groups is 1. The van der Waals surface area contributed by atoms with Gasteiger partial charge in [0.25, 0.3) is 0 Å². The minimum Gasteiger partial charge on any atom is -0.488 e. The molecule has 0 saturated carbocycles. The number of benzene rings is 1. The molecule has 0 spiro atoms. The van der Waals surface area contributed by atoms with Gasteiger partial charge in [-0.25, -0.2) is 0 Å². The summed E-state index contributed by atoms with van der Waals surface area (Å²) in [6.07, 6.45) is 1.39. The number of hydrogen-bond donors (Lipinski definition) is 0. The van der Waals surface area contributed by atoms with E-state index >= 15 is 0 Å². The number of halogens is 2. The van der Waals surface area contributed by atoms with E-state index in [2.05, 4.69) is 0 Å². The van der Waals surface area contributed by atoms with Crippen molar-refractivity contribution in [1.82, 2.24) is 0 Å². The summed E-state index contributed by atoms with van der Waals surface area (Å²) in [7, 11) is 0. The van der Waals surface area contributed by atoms with Crippen LogP contribution >= 0.6 is 23.2 Å². The van der Waals surface area contributed by atoms with Gasteiger partial charge < -0.3 is 4.74 Å². The molecule has 1 aromatic rings. The summed E-state index contributed by atoms with van der Waals surface area (Å²) in [6.45, 7) is 0.248. The van der Waals surface area contributed by atoms with E-state index in [1.165, 1.54) is 5.54 Å². The molecule has 0 bridgehead atoms. The largest absolute Gasteiger partial charge is 0.488 e. The molecule has 16 heavy (non-hydrogen) atoms. The zero-order valence-electron chi connectivity index (χ0n) is 8.50. The van der Waals surface area contributed by atoms with Gasteiger partial charge in [-0.15, -0.1) is 0 Å². The lowest BCUT2D eigenvalue weighted by Crippen LogP contribution is -1.98. The maximum absolute atomic E-state index is 11.4. The molecule has 4 heteroatoms. The summed E-state index contributed by atoms with van der Waals surface area (Å²) in [4.78, 5) is 11.4. The predicted molar refractivity (Wildman–Crippen MR) is 64.4 cm³/mol. The number of hydrogen-bond acceptors (Lipinski definition) is 2. The molecule has 1 aliphatic carbocycles. The first-order chi connectivity index (χ1) is 7.70. The van der Waals surface area contributed by atoms with Crippen LogP contribution in [0.3, 0.4) is 0 Å². The topological polar surface area (TPSA) is 26.3 Å². The van der Waals surface area contributed by atoms with Crippen molar-refractivity contribution in [2.45, 2.75) is 12.8 Å². The Morgan fingerprint density at radius 1 is 1.44 bits per heavy atom. The van der Waals surface area contributed by atoms with Crippen LogP contribution in [-0.2, 0) is 6.42 Å². The standard InChI is InChI=1S/C12H10Cl2O2/c13-6-9(14)7-16-10-2-3-11-8(5-10)1-4-12(11)15/h2-3,5-6H,1,4,7H2/b9-6+. The van der Waals surface area contributed by atoms with Crippen LogP contribution in [0.25, 0.3) is 0 Å². The Morgan fingerprint density at radius 3 is 3.00 bits per heavy atom. The predicted octanol–water partition coefficient (Wildman–Crippen LogP) is 3.51. The van der Waals surface area contributed by atoms with Crippen LogP contribution < -0.4 is 4.74 Å². The zero-order chi connectivity index (χ0) is 11.5. The van der Waals surface area contributed by atoms with E-state index in [1.54, 1.807) is 12.1 Å². The normalized spacial score (nSPS) is 15.1. The molecule has 84 valence electrons. The molecule has 1 aliphatic rings. The number of carbonyl (C=O) groups excluding carboxylic acids is 1. The Bertz CT molecular complexity index is 452. The number of fused-ring (bicyclic) bond motifs is 1. The maximum atomic E-state index is 11.4. The summed E-state index contributed by atoms with van der Waals surface area (Å²) in [6, 6.07) is 5.47. The van der Waals surface area contributed by atoms with Gasteiger partial charge in [0.2, 0.25) is 0 Å². The van der Waals surface area contributed by atoms with Crippen LogP contribution in [0.5, 0.6) is 5.75 Å². The summed E-state index contributed by atoms with van der Waals surface area (Å²) in [5.74, 6) is 0.922. The van der Waals surface area contributed by atoms with E-state index in [4.69, 9.17) is 27.9 Å². The number of Topliss-reactive ketones (excluding diaryl/α,β-unsaturated/α-hetero) is 1. The lowest BCUT2D eigenvalue weighted by molar-refractivity contribution is 0.0994. The molecule has 0 aliphatic heterocycles. The molecule has 1 aromatic carbocycles. The van der Waals surface area contributed by atoms with Crippen LogP contribution in [-0.4, -0.2) is 12.4 Å². The van der Waals surface area contributed by atoms with E-state index in [9.17, 15) is 4.79 Å². The van der Waals surface area contributed by atoms with E-state index in [0.717, 1.165) is 17.5 Å². The highest BCUT2D eigenvalue weighted by Crippen LogP contribution is 2.26. The average Bonchev–Trinajstić information content (AvgIpc) is 2.67. The van der Waals surface area contributed by atoms with Gasteiger partial charge in [-0.1, -0.05) is 23.2 Å². The molecule has 0 saturated heterocycles. The van der Waals surface area contributed by atoms with Gasteiger partial charge in [0.1, 0.15) is 12.4 Å². The molecule has 0 radical (unpaired) electrons. The molecule has 0 unspecified atom stereocenters. The summed E-state index contributed by atoms with van der Waals surface area (Å²) >= 11 is 11.1. The Morgan fingerprint density at radius 2 is 2.25 bits per heavy atom. The number of rotatable bonds is 3. The fourth-order valence-corrected chi connectivity index (χ4v) is 1.82. The maximum Gasteiger partial charge on any atom is 0.163 e. The van der Waals surface area contributed by atoms with Gasteiger partial charge in [0.05, 0.1) is 5.03 Å². The minimum atomic E-state index is 0.209. The first-order valence-corrected chi connectivity index (χ1v) is 5.76. The number of ketones is 1. The molecule has 0 atom stereocenters. The van der Waals surface area contributed by atoms with Crippen LogP contribution in [0.4, 0.5) is 0 Å². The molecular formula is C12H10Cl2O2. The van der Waals surface area contributed by atoms with Crippen LogP contribution in [0.2, 0.25) is 0 Å². The third-order valence-electron chi connectivity index (χ3n) is 2.49. The summed E-state index contributed by atoms with van der Waals surface area (Å²) < 4.78 is 5.42. The fraction of sp³-hybridized carbons (Fsp3) is 0.250. The molecular weight excluding hydrogens is 247 g/mol. The van der Waals surface area contributed by atoms with E-state index < -0.39 is 0 Å². The van der Waals surface area contributed by atoms with Crippen molar-refractivity contribution >= 4 is 29.0 Å². The van der Waals surface area contributed by atoms with Crippen LogP contribution in [0, 0.1) is 0 Å². The Hall–Kier alpha value is -0.990. The Labute approximate surface area is 104 Å². The van der Waals surface area contributed by atoms with Crippen molar-refractivity contribution in [3.05, 3.63) is 39.9 Å².